The molecule has 98 valence electrons. The average Bonchev–Trinajstić information content (AvgIpc) is 2.38. The van der Waals surface area contributed by atoms with Gasteiger partial charge in [-0.3, -0.25) is 4.79 Å². The molecule has 2 aromatic carbocycles. The van der Waals surface area contributed by atoms with Crippen LogP contribution in [-0.2, 0) is 6.61 Å². The van der Waals surface area contributed by atoms with Gasteiger partial charge >= 0.3 is 0 Å². The summed E-state index contributed by atoms with van der Waals surface area (Å²) in [5.41, 5.74) is 1.11. The average molecular weight is 316 g/mol. The zero-order valence-corrected chi connectivity index (χ0v) is 12.0. The summed E-state index contributed by atoms with van der Waals surface area (Å²) in [6.07, 6.45) is 0.668. The molecule has 19 heavy (non-hydrogen) atoms. The highest BCUT2D eigenvalue weighted by Gasteiger charge is 2.08. The van der Waals surface area contributed by atoms with Gasteiger partial charge in [0.25, 0.3) is 0 Å². The zero-order chi connectivity index (χ0) is 13.8. The lowest BCUT2D eigenvalue weighted by Crippen LogP contribution is -1.99. The van der Waals surface area contributed by atoms with Crippen molar-refractivity contribution in [2.45, 2.75) is 6.61 Å². The lowest BCUT2D eigenvalue weighted by molar-refractivity contribution is 0.111. The lowest BCUT2D eigenvalue weighted by atomic mass is 10.2. The van der Waals surface area contributed by atoms with Crippen LogP contribution in [0.3, 0.4) is 0 Å². The van der Waals surface area contributed by atoms with Crippen LogP contribution in [0.25, 0.3) is 0 Å². The van der Waals surface area contributed by atoms with Gasteiger partial charge in [-0.2, -0.15) is 0 Å². The Kier molecular flexibility index (Phi) is 4.70. The van der Waals surface area contributed by atoms with E-state index in [0.29, 0.717) is 32.7 Å². The summed E-state index contributed by atoms with van der Waals surface area (Å²) < 4.78 is 5.57. The third kappa shape index (κ3) is 3.41. The molecule has 0 spiro atoms. The molecule has 2 nitrogen and oxygen atoms in total. The second-order valence-electron chi connectivity index (χ2n) is 3.79. The predicted molar refractivity (Wildman–Crippen MR) is 77.6 cm³/mol. The Hall–Kier alpha value is -1.22. The van der Waals surface area contributed by atoms with Crippen LogP contribution in [0.4, 0.5) is 0 Å². The molecule has 0 aliphatic rings. The van der Waals surface area contributed by atoms with Crippen molar-refractivity contribution in [3.05, 3.63) is 62.6 Å². The van der Waals surface area contributed by atoms with Gasteiger partial charge in [0, 0.05) is 15.6 Å². The standard InChI is InChI=1S/C14H9Cl3O2/c15-10-5-4-9(13(17)6-10)8-19-14-3-1-2-12(16)11(14)7-18/h1-7H,8H2. The number of ether oxygens (including phenoxy) is 1. The smallest absolute Gasteiger partial charge is 0.155 e. The maximum absolute atomic E-state index is 11.0. The molecule has 0 bridgehead atoms. The number of aldehydes is 1. The second kappa shape index (κ2) is 6.29. The van der Waals surface area contributed by atoms with Gasteiger partial charge in [-0.25, -0.2) is 0 Å². The van der Waals surface area contributed by atoms with Gasteiger partial charge in [0.05, 0.1) is 10.6 Å². The van der Waals surface area contributed by atoms with Crippen molar-refractivity contribution in [3.8, 4) is 5.75 Å². The van der Waals surface area contributed by atoms with Crippen LogP contribution < -0.4 is 4.74 Å². The van der Waals surface area contributed by atoms with E-state index in [-0.39, 0.29) is 6.61 Å². The fourth-order valence-electron chi connectivity index (χ4n) is 1.55. The summed E-state index contributed by atoms with van der Waals surface area (Å²) >= 11 is 17.8. The molecule has 5 heteroatoms. The van der Waals surface area contributed by atoms with Crippen LogP contribution in [0.2, 0.25) is 15.1 Å². The number of carbonyl (C=O) groups is 1. The highest BCUT2D eigenvalue weighted by Crippen LogP contribution is 2.27. The van der Waals surface area contributed by atoms with Gasteiger partial charge in [-0.15, -0.1) is 0 Å². The van der Waals surface area contributed by atoms with E-state index in [0.717, 1.165) is 5.56 Å². The highest BCUT2D eigenvalue weighted by atomic mass is 35.5. The monoisotopic (exact) mass is 314 g/mol. The second-order valence-corrected chi connectivity index (χ2v) is 5.04. The SMILES string of the molecule is O=Cc1c(Cl)cccc1OCc1ccc(Cl)cc1Cl. The van der Waals surface area contributed by atoms with Crippen molar-refractivity contribution in [2.75, 3.05) is 0 Å². The molecule has 0 N–H and O–H groups in total. The Morgan fingerprint density at radius 2 is 1.84 bits per heavy atom. The number of hydrogen-bond donors (Lipinski definition) is 0. The summed E-state index contributed by atoms with van der Waals surface area (Å²) in [6, 6.07) is 10.2. The van der Waals surface area contributed by atoms with Gasteiger partial charge < -0.3 is 4.74 Å². The van der Waals surface area contributed by atoms with E-state index in [1.54, 1.807) is 36.4 Å². The van der Waals surface area contributed by atoms with Crippen LogP contribution in [0.1, 0.15) is 15.9 Å². The maximum atomic E-state index is 11.0. The molecule has 0 radical (unpaired) electrons. The molecule has 0 aromatic heterocycles. The van der Waals surface area contributed by atoms with Gasteiger partial charge in [-0.1, -0.05) is 46.9 Å². The van der Waals surface area contributed by atoms with Gasteiger partial charge in [0.1, 0.15) is 12.4 Å². The number of rotatable bonds is 4. The lowest BCUT2D eigenvalue weighted by Gasteiger charge is -2.10. The van der Waals surface area contributed by atoms with Crippen LogP contribution in [0, 0.1) is 0 Å². The zero-order valence-electron chi connectivity index (χ0n) is 9.70. The van der Waals surface area contributed by atoms with Gasteiger partial charge in [0.2, 0.25) is 0 Å². The molecule has 0 aliphatic carbocycles. The van der Waals surface area contributed by atoms with E-state index in [4.69, 9.17) is 39.5 Å². The molecule has 0 saturated carbocycles. The maximum Gasteiger partial charge on any atom is 0.155 e. The third-order valence-corrected chi connectivity index (χ3v) is 3.45. The van der Waals surface area contributed by atoms with Gasteiger partial charge in [-0.05, 0) is 24.3 Å². The minimum atomic E-state index is 0.233. The summed E-state index contributed by atoms with van der Waals surface area (Å²) in [5.74, 6) is 0.425. The number of halogens is 3. The topological polar surface area (TPSA) is 26.3 Å². The molecule has 2 rings (SSSR count). The van der Waals surface area contributed by atoms with E-state index < -0.39 is 0 Å². The molecule has 0 heterocycles. The summed E-state index contributed by atoms with van der Waals surface area (Å²) in [4.78, 5) is 11.0. The van der Waals surface area contributed by atoms with Crippen molar-refractivity contribution in [1.82, 2.24) is 0 Å². The summed E-state index contributed by atoms with van der Waals surface area (Å²) in [5, 5.41) is 1.43. The Morgan fingerprint density at radius 3 is 2.53 bits per heavy atom. The van der Waals surface area contributed by atoms with Crippen molar-refractivity contribution < 1.29 is 9.53 Å². The molecule has 0 aliphatic heterocycles. The van der Waals surface area contributed by atoms with Crippen LogP contribution in [0.5, 0.6) is 5.75 Å². The predicted octanol–water partition coefficient (Wildman–Crippen LogP) is 5.04. The van der Waals surface area contributed by atoms with E-state index in [2.05, 4.69) is 0 Å². The molecule has 0 atom stereocenters. The molecule has 0 amide bonds. The van der Waals surface area contributed by atoms with E-state index >= 15 is 0 Å². The normalized spacial score (nSPS) is 10.3. The van der Waals surface area contributed by atoms with E-state index in [1.807, 2.05) is 0 Å². The summed E-state index contributed by atoms with van der Waals surface area (Å²) in [7, 11) is 0. The van der Waals surface area contributed by atoms with Gasteiger partial charge in [0.15, 0.2) is 6.29 Å². The Labute approximate surface area is 125 Å². The van der Waals surface area contributed by atoms with Crippen molar-refractivity contribution in [1.29, 1.82) is 0 Å². The number of carbonyl (C=O) groups excluding carboxylic acids is 1. The fraction of sp³-hybridized carbons (Fsp3) is 0.0714. The molecule has 0 saturated heterocycles. The summed E-state index contributed by atoms with van der Waals surface area (Å²) in [6.45, 7) is 0.233. The molecular formula is C14H9Cl3O2. The van der Waals surface area contributed by atoms with E-state index in [1.165, 1.54) is 0 Å². The minimum absolute atomic E-state index is 0.233. The van der Waals surface area contributed by atoms with Crippen molar-refractivity contribution in [2.24, 2.45) is 0 Å². The number of hydrogen-bond acceptors (Lipinski definition) is 2. The molecular weight excluding hydrogens is 307 g/mol. The van der Waals surface area contributed by atoms with Crippen LogP contribution in [0.15, 0.2) is 36.4 Å². The third-order valence-electron chi connectivity index (χ3n) is 2.53. The fourth-order valence-corrected chi connectivity index (χ4v) is 2.23. The highest BCUT2D eigenvalue weighted by molar-refractivity contribution is 6.35. The van der Waals surface area contributed by atoms with E-state index in [9.17, 15) is 4.79 Å². The minimum Gasteiger partial charge on any atom is -0.488 e. The number of benzene rings is 2. The quantitative estimate of drug-likeness (QED) is 0.739. The van der Waals surface area contributed by atoms with Crippen molar-refractivity contribution >= 4 is 41.1 Å². The Morgan fingerprint density at radius 1 is 1.05 bits per heavy atom. The largest absolute Gasteiger partial charge is 0.488 e. The first kappa shape index (κ1) is 14.2. The molecule has 0 unspecified atom stereocenters. The first-order chi connectivity index (χ1) is 9.11. The Balaban J connectivity index is 2.19. The molecule has 0 fully saturated rings. The van der Waals surface area contributed by atoms with Crippen molar-refractivity contribution in [3.63, 3.8) is 0 Å². The first-order valence-electron chi connectivity index (χ1n) is 5.42. The first-order valence-corrected chi connectivity index (χ1v) is 6.55. The Bertz CT molecular complexity index is 612. The molecule has 2 aromatic rings. The van der Waals surface area contributed by atoms with Crippen LogP contribution in [-0.4, -0.2) is 6.29 Å². The van der Waals surface area contributed by atoms with Crippen LogP contribution >= 0.6 is 34.8 Å².